The van der Waals surface area contributed by atoms with Crippen LogP contribution in [0.5, 0.6) is 5.75 Å². The molecule has 2 N–H and O–H groups in total. The number of unbranched alkanes of at least 4 members (excludes halogenated alkanes) is 12. The first-order valence-corrected chi connectivity index (χ1v) is 21.2. The lowest BCUT2D eigenvalue weighted by Crippen LogP contribution is -2.51. The van der Waals surface area contributed by atoms with Gasteiger partial charge in [-0.1, -0.05) is 126 Å². The van der Waals surface area contributed by atoms with Crippen LogP contribution in [0.15, 0.2) is 54.6 Å². The summed E-state index contributed by atoms with van der Waals surface area (Å²) >= 11 is 0. The van der Waals surface area contributed by atoms with Crippen molar-refractivity contribution in [3.63, 3.8) is 0 Å². The number of nitrogens with zero attached hydrogens (tertiary/aromatic N) is 2. The normalized spacial score (nSPS) is 17.3. The number of rotatable bonds is 26. The molecular formula is C45H65N3O7. The van der Waals surface area contributed by atoms with E-state index in [9.17, 15) is 29.1 Å². The maximum absolute atomic E-state index is 13.7. The highest BCUT2D eigenvalue weighted by Gasteiger charge is 2.41. The molecule has 0 unspecified atom stereocenters. The van der Waals surface area contributed by atoms with E-state index < -0.39 is 30.0 Å². The number of carboxylic acid groups (broad SMARTS) is 1. The number of ketones is 1. The van der Waals surface area contributed by atoms with Crippen LogP contribution in [0.1, 0.15) is 146 Å². The van der Waals surface area contributed by atoms with E-state index in [0.717, 1.165) is 36.8 Å². The lowest BCUT2D eigenvalue weighted by Gasteiger charge is -2.31. The zero-order valence-electron chi connectivity index (χ0n) is 33.2. The van der Waals surface area contributed by atoms with Crippen LogP contribution in [0.4, 0.5) is 0 Å². The first-order chi connectivity index (χ1) is 26.8. The molecule has 2 fully saturated rings. The maximum Gasteiger partial charge on any atom is 0.326 e. The van der Waals surface area contributed by atoms with Crippen molar-refractivity contribution in [2.45, 2.75) is 166 Å². The molecule has 4 rings (SSSR count). The Hall–Kier alpha value is -4.21. The molecule has 302 valence electrons. The summed E-state index contributed by atoms with van der Waals surface area (Å²) in [4.78, 5) is 68.5. The van der Waals surface area contributed by atoms with E-state index in [1.54, 1.807) is 34.1 Å². The maximum atomic E-state index is 13.7. The van der Waals surface area contributed by atoms with Crippen LogP contribution in [0, 0.1) is 0 Å². The van der Waals surface area contributed by atoms with Gasteiger partial charge >= 0.3 is 5.97 Å². The van der Waals surface area contributed by atoms with Crippen LogP contribution in [0.3, 0.4) is 0 Å². The molecule has 10 nitrogen and oxygen atoms in total. The van der Waals surface area contributed by atoms with E-state index in [2.05, 4.69) is 12.2 Å². The number of nitrogens with one attached hydrogen (secondary N) is 1. The molecule has 0 aliphatic carbocycles. The Morgan fingerprint density at radius 2 is 1.27 bits per heavy atom. The molecule has 3 amide bonds. The van der Waals surface area contributed by atoms with Gasteiger partial charge in [0.2, 0.25) is 17.7 Å². The summed E-state index contributed by atoms with van der Waals surface area (Å²) in [6.45, 7) is 3.69. The number of benzene rings is 2. The third-order valence-electron chi connectivity index (χ3n) is 11.1. The summed E-state index contributed by atoms with van der Waals surface area (Å²) in [5.74, 6) is -1.39. The molecule has 3 atom stereocenters. The van der Waals surface area contributed by atoms with Crippen molar-refractivity contribution in [1.29, 1.82) is 0 Å². The molecule has 10 heteroatoms. The number of carboxylic acids is 1. The van der Waals surface area contributed by atoms with Crippen LogP contribution in [-0.2, 0) is 37.0 Å². The highest BCUT2D eigenvalue weighted by molar-refractivity contribution is 5.95. The molecule has 2 heterocycles. The molecule has 2 aliphatic heterocycles. The van der Waals surface area contributed by atoms with Gasteiger partial charge in [-0.05, 0) is 55.4 Å². The number of Topliss-reactive ketones (excluding diaryl/α,β-unsaturated/α-hetero) is 1. The third kappa shape index (κ3) is 15.1. The van der Waals surface area contributed by atoms with Crippen LogP contribution < -0.4 is 10.1 Å². The van der Waals surface area contributed by atoms with E-state index in [4.69, 9.17) is 4.74 Å². The summed E-state index contributed by atoms with van der Waals surface area (Å²) in [6, 6.07) is 14.5. The molecule has 2 saturated heterocycles. The van der Waals surface area contributed by atoms with Crippen LogP contribution >= 0.6 is 0 Å². The predicted molar refractivity (Wildman–Crippen MR) is 215 cm³/mol. The van der Waals surface area contributed by atoms with Crippen molar-refractivity contribution in [3.05, 3.63) is 65.7 Å². The van der Waals surface area contributed by atoms with Crippen LogP contribution in [0.25, 0.3) is 0 Å². The van der Waals surface area contributed by atoms with Crippen molar-refractivity contribution in [2.24, 2.45) is 0 Å². The molecule has 0 radical (unpaired) electrons. The minimum Gasteiger partial charge on any atom is -0.489 e. The topological polar surface area (TPSA) is 133 Å². The van der Waals surface area contributed by atoms with E-state index in [-0.39, 0.29) is 36.9 Å². The molecule has 0 saturated carbocycles. The van der Waals surface area contributed by atoms with Crippen molar-refractivity contribution < 1.29 is 33.8 Å². The number of aliphatic carboxylic acids is 1. The van der Waals surface area contributed by atoms with Crippen LogP contribution in [-0.4, -0.2) is 75.6 Å². The van der Waals surface area contributed by atoms with Gasteiger partial charge in [-0.2, -0.15) is 0 Å². The van der Waals surface area contributed by atoms with Crippen LogP contribution in [0.2, 0.25) is 0 Å². The molecule has 0 bridgehead atoms. The summed E-state index contributed by atoms with van der Waals surface area (Å²) in [6.07, 6.45) is 19.0. The summed E-state index contributed by atoms with van der Waals surface area (Å²) in [5.41, 5.74) is 1.76. The lowest BCUT2D eigenvalue weighted by molar-refractivity contribution is -0.146. The van der Waals surface area contributed by atoms with E-state index in [1.165, 1.54) is 64.2 Å². The van der Waals surface area contributed by atoms with Gasteiger partial charge in [0, 0.05) is 38.8 Å². The Morgan fingerprint density at radius 1 is 0.691 bits per heavy atom. The fourth-order valence-corrected chi connectivity index (χ4v) is 7.88. The lowest BCUT2D eigenvalue weighted by atomic mass is 10.0. The zero-order valence-corrected chi connectivity index (χ0v) is 33.2. The van der Waals surface area contributed by atoms with Gasteiger partial charge in [0.05, 0.1) is 6.04 Å². The number of hydrogen-bond acceptors (Lipinski definition) is 6. The Morgan fingerprint density at radius 3 is 1.89 bits per heavy atom. The molecule has 2 aliphatic rings. The second-order valence-electron chi connectivity index (χ2n) is 15.5. The van der Waals surface area contributed by atoms with E-state index in [1.807, 2.05) is 30.3 Å². The summed E-state index contributed by atoms with van der Waals surface area (Å²) in [5, 5.41) is 12.4. The smallest absolute Gasteiger partial charge is 0.326 e. The number of hydrogen-bond donors (Lipinski definition) is 2. The summed E-state index contributed by atoms with van der Waals surface area (Å²) in [7, 11) is 0. The molecule has 2 aromatic rings. The van der Waals surface area contributed by atoms with Gasteiger partial charge in [0.1, 0.15) is 24.4 Å². The van der Waals surface area contributed by atoms with Crippen molar-refractivity contribution in [2.75, 3.05) is 13.1 Å². The second kappa shape index (κ2) is 24.3. The van der Waals surface area contributed by atoms with E-state index >= 15 is 0 Å². The molecule has 2 aromatic carbocycles. The highest BCUT2D eigenvalue weighted by atomic mass is 16.5. The minimum atomic E-state index is -1.17. The van der Waals surface area contributed by atoms with Gasteiger partial charge in [0.15, 0.2) is 5.78 Å². The molecule has 55 heavy (non-hydrogen) atoms. The Kier molecular flexibility index (Phi) is 19.3. The zero-order chi connectivity index (χ0) is 39.3. The largest absolute Gasteiger partial charge is 0.489 e. The predicted octanol–water partition coefficient (Wildman–Crippen LogP) is 8.19. The average Bonchev–Trinajstić information content (AvgIpc) is 3.90. The van der Waals surface area contributed by atoms with Gasteiger partial charge in [-0.15, -0.1) is 0 Å². The Balaban J connectivity index is 1.14. The second-order valence-corrected chi connectivity index (χ2v) is 15.5. The first kappa shape index (κ1) is 43.5. The Bertz CT molecular complexity index is 1480. The fourth-order valence-electron chi connectivity index (χ4n) is 7.88. The van der Waals surface area contributed by atoms with E-state index in [0.29, 0.717) is 51.1 Å². The number of likely N-dealkylation sites (tertiary alicyclic amines) is 2. The number of carbonyl (C=O) groups is 5. The van der Waals surface area contributed by atoms with Gasteiger partial charge in [0.25, 0.3) is 0 Å². The SMILES string of the molecule is CCCCCCCCCCCCCCCC(=O)N1CCC[C@H]1C(=O)N1CCC[C@H]1C(=O)CCC(=O)N[C@@H](Cc1ccc(OCc2ccccc2)cc1)C(=O)O. The van der Waals surface area contributed by atoms with Gasteiger partial charge in [-0.25, -0.2) is 4.79 Å². The van der Waals surface area contributed by atoms with Gasteiger partial charge in [-0.3, -0.25) is 19.2 Å². The fraction of sp³-hybridized carbons (Fsp3) is 0.622. The first-order valence-electron chi connectivity index (χ1n) is 21.2. The standard InChI is InChI=1S/C45H65N3O7/c1-2-3-4-5-6-7-8-9-10-11-12-13-17-24-43(51)47-31-19-23-40(47)44(52)48-32-18-22-39(48)41(49)29-30-42(50)46-38(45(53)54)33-35-25-27-37(28-26-35)55-34-36-20-15-14-16-21-36/h14-16,20-21,25-28,38-40H,2-13,17-19,22-24,29-34H2,1H3,(H,46,50)(H,53,54)/t38-,39-,40-/m0/s1. The molecule has 0 aromatic heterocycles. The monoisotopic (exact) mass is 759 g/mol. The number of amides is 3. The minimum absolute atomic E-state index is 0.0259. The molecular weight excluding hydrogens is 695 g/mol. The number of carbonyl (C=O) groups excluding carboxylic acids is 4. The number of ether oxygens (including phenoxy) is 1. The van der Waals surface area contributed by atoms with Gasteiger partial charge < -0.3 is 25.0 Å². The highest BCUT2D eigenvalue weighted by Crippen LogP contribution is 2.27. The Labute approximate surface area is 328 Å². The van der Waals surface area contributed by atoms with Crippen molar-refractivity contribution in [1.82, 2.24) is 15.1 Å². The van der Waals surface area contributed by atoms with Crippen molar-refractivity contribution in [3.8, 4) is 5.75 Å². The third-order valence-corrected chi connectivity index (χ3v) is 11.1. The van der Waals surface area contributed by atoms with Crippen molar-refractivity contribution >= 4 is 29.5 Å². The summed E-state index contributed by atoms with van der Waals surface area (Å²) < 4.78 is 5.81. The quantitative estimate of drug-likeness (QED) is 0.0925. The molecule has 0 spiro atoms. The average molecular weight is 760 g/mol.